The number of ether oxygens (including phenoxy) is 1. The fourth-order valence-electron chi connectivity index (χ4n) is 2.85. The van der Waals surface area contributed by atoms with E-state index >= 15 is 0 Å². The van der Waals surface area contributed by atoms with Gasteiger partial charge in [-0.2, -0.15) is 0 Å². The molecule has 0 atom stereocenters. The Balaban J connectivity index is 2.41. The van der Waals surface area contributed by atoms with Crippen molar-refractivity contribution in [3.8, 4) is 5.75 Å². The maximum absolute atomic E-state index is 6.34. The fraction of sp³-hybridized carbons (Fsp3) is 0.571. The van der Waals surface area contributed by atoms with Crippen molar-refractivity contribution in [2.45, 2.75) is 37.5 Å². The smallest absolute Gasteiger partial charge is 0.119 e. The molecule has 17 heavy (non-hydrogen) atoms. The maximum atomic E-state index is 6.34. The molecule has 0 bridgehead atoms. The summed E-state index contributed by atoms with van der Waals surface area (Å²) in [4.78, 5) is 0. The van der Waals surface area contributed by atoms with E-state index in [-0.39, 0.29) is 5.41 Å². The van der Waals surface area contributed by atoms with Gasteiger partial charge in [-0.15, -0.1) is 0 Å². The summed E-state index contributed by atoms with van der Waals surface area (Å²) in [7, 11) is 1.68. The zero-order valence-corrected chi connectivity index (χ0v) is 11.1. The topological polar surface area (TPSA) is 35.2 Å². The molecule has 2 rings (SSSR count). The minimum atomic E-state index is 0.0594. The zero-order chi connectivity index (χ0) is 12.3. The number of hydrogen-bond acceptors (Lipinski definition) is 2. The van der Waals surface area contributed by atoms with Gasteiger partial charge >= 0.3 is 0 Å². The van der Waals surface area contributed by atoms with Gasteiger partial charge < -0.3 is 10.5 Å². The minimum Gasteiger partial charge on any atom is -0.497 e. The molecule has 0 spiro atoms. The summed E-state index contributed by atoms with van der Waals surface area (Å²) in [5.41, 5.74) is 7.26. The van der Waals surface area contributed by atoms with Crippen LogP contribution in [0, 0.1) is 0 Å². The summed E-state index contributed by atoms with van der Waals surface area (Å²) in [6.07, 6.45) is 6.06. The van der Waals surface area contributed by atoms with Gasteiger partial charge in [0, 0.05) is 17.0 Å². The number of benzene rings is 1. The van der Waals surface area contributed by atoms with Gasteiger partial charge in [0.1, 0.15) is 5.75 Å². The zero-order valence-electron chi connectivity index (χ0n) is 10.3. The van der Waals surface area contributed by atoms with Crippen LogP contribution in [0.3, 0.4) is 0 Å². The van der Waals surface area contributed by atoms with Crippen molar-refractivity contribution in [2.75, 3.05) is 13.7 Å². The van der Waals surface area contributed by atoms with E-state index in [0.717, 1.165) is 23.6 Å². The van der Waals surface area contributed by atoms with Crippen molar-refractivity contribution >= 4 is 11.6 Å². The lowest BCUT2D eigenvalue weighted by Crippen LogP contribution is -2.37. The molecule has 0 aliphatic heterocycles. The Morgan fingerprint density at radius 3 is 2.59 bits per heavy atom. The van der Waals surface area contributed by atoms with Crippen LogP contribution >= 0.6 is 11.6 Å². The van der Waals surface area contributed by atoms with Crippen molar-refractivity contribution in [2.24, 2.45) is 5.73 Å². The second-order valence-electron chi connectivity index (χ2n) is 4.89. The minimum absolute atomic E-state index is 0.0594. The first-order valence-electron chi connectivity index (χ1n) is 6.26. The van der Waals surface area contributed by atoms with E-state index in [1.807, 2.05) is 12.1 Å². The molecule has 0 radical (unpaired) electrons. The molecule has 3 heteroatoms. The van der Waals surface area contributed by atoms with E-state index in [4.69, 9.17) is 22.1 Å². The number of methoxy groups -OCH3 is 1. The van der Waals surface area contributed by atoms with Crippen LogP contribution in [0.1, 0.15) is 37.7 Å². The molecule has 0 aromatic heterocycles. The van der Waals surface area contributed by atoms with Crippen LogP contribution in [0.5, 0.6) is 5.75 Å². The Hall–Kier alpha value is -0.730. The first-order valence-corrected chi connectivity index (χ1v) is 6.64. The molecular formula is C14H20ClNO. The highest BCUT2D eigenvalue weighted by Gasteiger charge is 2.34. The number of hydrogen-bond donors (Lipinski definition) is 1. The Kier molecular flexibility index (Phi) is 3.95. The molecule has 1 aromatic rings. The molecule has 0 unspecified atom stereocenters. The van der Waals surface area contributed by atoms with Gasteiger partial charge in [-0.3, -0.25) is 0 Å². The first-order chi connectivity index (χ1) is 8.22. The summed E-state index contributed by atoms with van der Waals surface area (Å²) in [5.74, 6) is 0.864. The third kappa shape index (κ3) is 2.43. The summed E-state index contributed by atoms with van der Waals surface area (Å²) in [5, 5.41) is 0.818. The second-order valence-corrected chi connectivity index (χ2v) is 5.30. The van der Waals surface area contributed by atoms with Crippen molar-refractivity contribution in [3.63, 3.8) is 0 Å². The maximum Gasteiger partial charge on any atom is 0.119 e. The lowest BCUT2D eigenvalue weighted by molar-refractivity contribution is 0.299. The van der Waals surface area contributed by atoms with Crippen molar-refractivity contribution in [1.29, 1.82) is 0 Å². The van der Waals surface area contributed by atoms with E-state index in [1.54, 1.807) is 7.11 Å². The van der Waals surface area contributed by atoms with Crippen LogP contribution in [0.15, 0.2) is 18.2 Å². The van der Waals surface area contributed by atoms with E-state index in [9.17, 15) is 0 Å². The van der Waals surface area contributed by atoms with E-state index in [1.165, 1.54) is 24.8 Å². The number of halogens is 1. The van der Waals surface area contributed by atoms with Crippen LogP contribution in [-0.2, 0) is 5.41 Å². The van der Waals surface area contributed by atoms with E-state index < -0.39 is 0 Å². The molecule has 2 N–H and O–H groups in total. The van der Waals surface area contributed by atoms with Crippen molar-refractivity contribution in [1.82, 2.24) is 0 Å². The largest absolute Gasteiger partial charge is 0.497 e. The van der Waals surface area contributed by atoms with Gasteiger partial charge in [-0.25, -0.2) is 0 Å². The molecule has 0 amide bonds. The third-order valence-corrected chi connectivity index (χ3v) is 4.28. The second kappa shape index (κ2) is 5.28. The Bertz CT molecular complexity index is 386. The Labute approximate surface area is 108 Å². The quantitative estimate of drug-likeness (QED) is 0.895. The van der Waals surface area contributed by atoms with E-state index in [0.29, 0.717) is 6.54 Å². The van der Waals surface area contributed by atoms with Crippen LogP contribution in [0.2, 0.25) is 5.02 Å². The summed E-state index contributed by atoms with van der Waals surface area (Å²) in [6.45, 7) is 0.667. The SMILES string of the molecule is COc1ccc(Cl)c(C2(CN)CCCCC2)c1. The third-order valence-electron chi connectivity index (χ3n) is 3.95. The summed E-state index contributed by atoms with van der Waals surface area (Å²) >= 11 is 6.34. The number of rotatable bonds is 3. The molecule has 0 heterocycles. The summed E-state index contributed by atoms with van der Waals surface area (Å²) < 4.78 is 5.29. The lowest BCUT2D eigenvalue weighted by Gasteiger charge is -2.37. The molecule has 1 aliphatic rings. The van der Waals surface area contributed by atoms with Crippen LogP contribution in [0.4, 0.5) is 0 Å². The molecule has 94 valence electrons. The molecule has 1 fully saturated rings. The molecule has 1 aliphatic carbocycles. The van der Waals surface area contributed by atoms with Crippen LogP contribution < -0.4 is 10.5 Å². The average molecular weight is 254 g/mol. The predicted octanol–water partition coefficient (Wildman–Crippen LogP) is 3.51. The van der Waals surface area contributed by atoms with Gasteiger partial charge in [0.15, 0.2) is 0 Å². The summed E-state index contributed by atoms with van der Waals surface area (Å²) in [6, 6.07) is 5.88. The monoisotopic (exact) mass is 253 g/mol. The first kappa shape index (κ1) is 12.7. The highest BCUT2D eigenvalue weighted by Crippen LogP contribution is 2.42. The molecule has 2 nitrogen and oxygen atoms in total. The molecule has 0 saturated heterocycles. The molecule has 1 aromatic carbocycles. The predicted molar refractivity (Wildman–Crippen MR) is 71.8 cm³/mol. The highest BCUT2D eigenvalue weighted by atomic mass is 35.5. The van der Waals surface area contributed by atoms with Crippen LogP contribution in [-0.4, -0.2) is 13.7 Å². The average Bonchev–Trinajstić information content (AvgIpc) is 2.40. The molecule has 1 saturated carbocycles. The van der Waals surface area contributed by atoms with Gasteiger partial charge in [0.2, 0.25) is 0 Å². The molecular weight excluding hydrogens is 234 g/mol. The van der Waals surface area contributed by atoms with Crippen LogP contribution in [0.25, 0.3) is 0 Å². The lowest BCUT2D eigenvalue weighted by atomic mass is 9.69. The standard InChI is InChI=1S/C14H20ClNO/c1-17-11-5-6-13(15)12(9-11)14(10-16)7-3-2-4-8-14/h5-6,9H,2-4,7-8,10,16H2,1H3. The Morgan fingerprint density at radius 2 is 2.00 bits per heavy atom. The van der Waals surface area contributed by atoms with Gasteiger partial charge in [-0.1, -0.05) is 30.9 Å². The van der Waals surface area contributed by atoms with Gasteiger partial charge in [0.05, 0.1) is 7.11 Å². The van der Waals surface area contributed by atoms with E-state index in [2.05, 4.69) is 6.07 Å². The number of nitrogens with two attached hydrogens (primary N) is 1. The van der Waals surface area contributed by atoms with Crippen molar-refractivity contribution < 1.29 is 4.74 Å². The normalized spacial score (nSPS) is 19.0. The van der Waals surface area contributed by atoms with Gasteiger partial charge in [-0.05, 0) is 36.6 Å². The van der Waals surface area contributed by atoms with Gasteiger partial charge in [0.25, 0.3) is 0 Å². The Morgan fingerprint density at radius 1 is 1.29 bits per heavy atom. The highest BCUT2D eigenvalue weighted by molar-refractivity contribution is 6.31. The van der Waals surface area contributed by atoms with Crippen molar-refractivity contribution in [3.05, 3.63) is 28.8 Å². The fourth-order valence-corrected chi connectivity index (χ4v) is 3.17.